The number of rotatable bonds is 9. The van der Waals surface area contributed by atoms with Gasteiger partial charge in [0.15, 0.2) is 0 Å². The summed E-state index contributed by atoms with van der Waals surface area (Å²) in [4.78, 5) is 13.8. The summed E-state index contributed by atoms with van der Waals surface area (Å²) in [5.74, 6) is -0.499. The van der Waals surface area contributed by atoms with Crippen LogP contribution in [0.4, 0.5) is 13.2 Å². The topological polar surface area (TPSA) is 41.6 Å². The number of alkyl halides is 3. The predicted molar refractivity (Wildman–Crippen MR) is 71.5 cm³/mol. The molecule has 0 bridgehead atoms. The maximum Gasteiger partial charge on any atom is 0.389 e. The van der Waals surface area contributed by atoms with E-state index in [1.165, 1.54) is 0 Å². The second kappa shape index (κ2) is 8.46. The smallest absolute Gasteiger partial charge is 0.389 e. The lowest BCUT2D eigenvalue weighted by atomic mass is 9.94. The number of nitrogens with zero attached hydrogens (tertiary/aromatic N) is 1. The number of hydrogen-bond donors (Lipinski definition) is 1. The lowest BCUT2D eigenvalue weighted by Crippen LogP contribution is -2.52. The molecule has 0 aliphatic heterocycles. The van der Waals surface area contributed by atoms with Crippen LogP contribution in [0.1, 0.15) is 33.1 Å². The molecule has 0 radical (unpaired) electrons. The van der Waals surface area contributed by atoms with E-state index in [0.717, 1.165) is 0 Å². The van der Waals surface area contributed by atoms with Crippen LogP contribution in [0.25, 0.3) is 0 Å². The van der Waals surface area contributed by atoms with Crippen LogP contribution in [0.2, 0.25) is 0 Å². The van der Waals surface area contributed by atoms with Crippen LogP contribution in [0, 0.1) is 0 Å². The van der Waals surface area contributed by atoms with Crippen molar-refractivity contribution in [2.45, 2.75) is 44.8 Å². The van der Waals surface area contributed by atoms with Crippen LogP contribution in [0.5, 0.6) is 0 Å². The van der Waals surface area contributed by atoms with Crippen molar-refractivity contribution in [2.75, 3.05) is 33.8 Å². The standard InChI is InChI=1S/C13H25F3N2O2/c1-5-20-11(19)12(2,17-9-10-18(3)4)7-6-8-13(14,15)16/h17H,5-10H2,1-4H3. The molecule has 120 valence electrons. The zero-order chi connectivity index (χ0) is 15.8. The highest BCUT2D eigenvalue weighted by Gasteiger charge is 2.35. The van der Waals surface area contributed by atoms with Gasteiger partial charge in [-0.05, 0) is 40.8 Å². The molecule has 0 aromatic carbocycles. The summed E-state index contributed by atoms with van der Waals surface area (Å²) in [6.45, 7) is 4.68. The fraction of sp³-hybridized carbons (Fsp3) is 0.923. The van der Waals surface area contributed by atoms with Crippen molar-refractivity contribution in [2.24, 2.45) is 0 Å². The first-order valence-electron chi connectivity index (χ1n) is 6.74. The highest BCUT2D eigenvalue weighted by Crippen LogP contribution is 2.25. The Morgan fingerprint density at radius 3 is 2.30 bits per heavy atom. The fourth-order valence-electron chi connectivity index (χ4n) is 1.75. The Morgan fingerprint density at radius 2 is 1.85 bits per heavy atom. The molecule has 0 aliphatic carbocycles. The third-order valence-electron chi connectivity index (χ3n) is 2.94. The van der Waals surface area contributed by atoms with Crippen molar-refractivity contribution in [3.63, 3.8) is 0 Å². The highest BCUT2D eigenvalue weighted by molar-refractivity contribution is 5.80. The van der Waals surface area contributed by atoms with Gasteiger partial charge in [0.25, 0.3) is 0 Å². The Hall–Kier alpha value is -0.820. The summed E-state index contributed by atoms with van der Waals surface area (Å²) in [5, 5.41) is 3.01. The number of nitrogens with one attached hydrogen (secondary N) is 1. The first-order valence-corrected chi connectivity index (χ1v) is 6.74. The Labute approximate surface area is 118 Å². The molecular formula is C13H25F3N2O2. The van der Waals surface area contributed by atoms with Gasteiger partial charge >= 0.3 is 12.1 Å². The van der Waals surface area contributed by atoms with Gasteiger partial charge < -0.3 is 15.0 Å². The molecule has 0 aromatic heterocycles. The van der Waals surface area contributed by atoms with Gasteiger partial charge in [-0.15, -0.1) is 0 Å². The van der Waals surface area contributed by atoms with Gasteiger partial charge in [0.1, 0.15) is 5.54 Å². The van der Waals surface area contributed by atoms with Gasteiger partial charge in [0.2, 0.25) is 0 Å². The molecule has 0 aliphatic rings. The number of halogens is 3. The minimum absolute atomic E-state index is 0.0960. The third kappa shape index (κ3) is 8.37. The van der Waals surface area contributed by atoms with Crippen LogP contribution >= 0.6 is 0 Å². The van der Waals surface area contributed by atoms with Crippen LogP contribution in [-0.4, -0.2) is 56.4 Å². The van der Waals surface area contributed by atoms with Gasteiger partial charge in [-0.25, -0.2) is 0 Å². The second-order valence-electron chi connectivity index (χ2n) is 5.25. The van der Waals surface area contributed by atoms with Crippen molar-refractivity contribution in [1.29, 1.82) is 0 Å². The van der Waals surface area contributed by atoms with E-state index in [9.17, 15) is 18.0 Å². The Kier molecular flexibility index (Phi) is 8.12. The molecule has 0 saturated carbocycles. The zero-order valence-corrected chi connectivity index (χ0v) is 12.6. The van der Waals surface area contributed by atoms with Crippen LogP contribution < -0.4 is 5.32 Å². The van der Waals surface area contributed by atoms with Gasteiger partial charge in [0.05, 0.1) is 6.61 Å². The largest absolute Gasteiger partial charge is 0.465 e. The molecule has 0 fully saturated rings. The molecule has 1 unspecified atom stereocenters. The summed E-state index contributed by atoms with van der Waals surface area (Å²) in [6.07, 6.45) is -5.09. The summed E-state index contributed by atoms with van der Waals surface area (Å²) in [5.41, 5.74) is -1.07. The summed E-state index contributed by atoms with van der Waals surface area (Å²) in [7, 11) is 3.76. The monoisotopic (exact) mass is 298 g/mol. The van der Waals surface area contributed by atoms with Crippen molar-refractivity contribution in [1.82, 2.24) is 10.2 Å². The number of likely N-dealkylation sites (N-methyl/N-ethyl adjacent to an activating group) is 1. The van der Waals surface area contributed by atoms with Crippen LogP contribution in [0.3, 0.4) is 0 Å². The first kappa shape index (κ1) is 19.2. The molecule has 1 N–H and O–H groups in total. The number of carbonyl (C=O) groups excluding carboxylic acids is 1. The van der Waals surface area contributed by atoms with E-state index in [1.807, 2.05) is 19.0 Å². The number of hydrogen-bond acceptors (Lipinski definition) is 4. The zero-order valence-electron chi connectivity index (χ0n) is 12.6. The summed E-state index contributed by atoms with van der Waals surface area (Å²) < 4.78 is 41.5. The molecule has 0 spiro atoms. The molecule has 1 atom stereocenters. The Balaban J connectivity index is 4.49. The van der Waals surface area contributed by atoms with E-state index in [2.05, 4.69) is 5.32 Å². The lowest BCUT2D eigenvalue weighted by Gasteiger charge is -2.29. The number of ether oxygens (including phenoxy) is 1. The Bertz CT molecular complexity index is 296. The number of esters is 1. The molecule has 0 amide bonds. The average molecular weight is 298 g/mol. The van der Waals surface area contributed by atoms with E-state index in [1.54, 1.807) is 13.8 Å². The van der Waals surface area contributed by atoms with Crippen molar-refractivity contribution >= 4 is 5.97 Å². The minimum atomic E-state index is -4.20. The summed E-state index contributed by atoms with van der Waals surface area (Å²) in [6, 6.07) is 0. The van der Waals surface area contributed by atoms with E-state index in [0.29, 0.717) is 13.1 Å². The summed E-state index contributed by atoms with van der Waals surface area (Å²) >= 11 is 0. The van der Waals surface area contributed by atoms with Crippen LogP contribution in [-0.2, 0) is 9.53 Å². The molecule has 0 aromatic rings. The van der Waals surface area contributed by atoms with Crippen molar-refractivity contribution in [3.8, 4) is 0 Å². The molecule has 0 rings (SSSR count). The maximum atomic E-state index is 12.2. The second-order valence-corrected chi connectivity index (χ2v) is 5.25. The van der Waals surface area contributed by atoms with Crippen molar-refractivity contribution < 1.29 is 22.7 Å². The van der Waals surface area contributed by atoms with Gasteiger partial charge in [-0.2, -0.15) is 13.2 Å². The SMILES string of the molecule is CCOC(=O)C(C)(CCCC(F)(F)F)NCCN(C)C. The lowest BCUT2D eigenvalue weighted by molar-refractivity contribution is -0.153. The maximum absolute atomic E-state index is 12.2. The van der Waals surface area contributed by atoms with Crippen LogP contribution in [0.15, 0.2) is 0 Å². The van der Waals surface area contributed by atoms with Gasteiger partial charge in [-0.3, -0.25) is 4.79 Å². The first-order chi connectivity index (χ1) is 9.10. The molecule has 0 saturated heterocycles. The average Bonchev–Trinajstić information content (AvgIpc) is 2.26. The molecule has 20 heavy (non-hydrogen) atoms. The predicted octanol–water partition coefficient (Wildman–Crippen LogP) is 2.19. The molecule has 4 nitrogen and oxygen atoms in total. The van der Waals surface area contributed by atoms with E-state index in [-0.39, 0.29) is 19.4 Å². The molecule has 7 heteroatoms. The molecule has 0 heterocycles. The van der Waals surface area contributed by atoms with Gasteiger partial charge in [0, 0.05) is 19.5 Å². The third-order valence-corrected chi connectivity index (χ3v) is 2.94. The van der Waals surface area contributed by atoms with E-state index < -0.39 is 24.1 Å². The minimum Gasteiger partial charge on any atom is -0.465 e. The van der Waals surface area contributed by atoms with Crippen molar-refractivity contribution in [3.05, 3.63) is 0 Å². The Morgan fingerprint density at radius 1 is 1.25 bits per heavy atom. The van der Waals surface area contributed by atoms with E-state index >= 15 is 0 Å². The van der Waals surface area contributed by atoms with Gasteiger partial charge in [-0.1, -0.05) is 0 Å². The normalized spacial score (nSPS) is 15.2. The highest BCUT2D eigenvalue weighted by atomic mass is 19.4. The molecular weight excluding hydrogens is 273 g/mol. The number of carbonyl (C=O) groups is 1. The quantitative estimate of drug-likeness (QED) is 0.663. The van der Waals surface area contributed by atoms with E-state index in [4.69, 9.17) is 4.74 Å². The fourth-order valence-corrected chi connectivity index (χ4v) is 1.75.